The first kappa shape index (κ1) is 22.6. The van der Waals surface area contributed by atoms with E-state index in [4.69, 9.17) is 25.8 Å². The van der Waals surface area contributed by atoms with Crippen molar-refractivity contribution in [2.45, 2.75) is 22.6 Å². The lowest BCUT2D eigenvalue weighted by Gasteiger charge is -2.24. The van der Waals surface area contributed by atoms with Crippen LogP contribution in [0.1, 0.15) is 18.0 Å². The molecule has 2 aromatic carbocycles. The molecule has 162 valence electrons. The number of nitrogens with one attached hydrogen (secondary N) is 2. The molecule has 0 saturated carbocycles. The van der Waals surface area contributed by atoms with E-state index in [0.717, 1.165) is 4.90 Å². The summed E-state index contributed by atoms with van der Waals surface area (Å²) < 4.78 is 15.9. The fourth-order valence-corrected chi connectivity index (χ4v) is 4.37. The lowest BCUT2D eigenvalue weighted by Crippen LogP contribution is -2.36. The van der Waals surface area contributed by atoms with Crippen LogP contribution in [0, 0.1) is 11.3 Å². The van der Waals surface area contributed by atoms with E-state index in [1.807, 2.05) is 0 Å². The maximum Gasteiger partial charge on any atom is 0.238 e. The van der Waals surface area contributed by atoms with Crippen LogP contribution in [0.4, 0.5) is 5.69 Å². The summed E-state index contributed by atoms with van der Waals surface area (Å²) in [5, 5.41) is 14.9. The van der Waals surface area contributed by atoms with Crippen molar-refractivity contribution in [3.63, 3.8) is 0 Å². The summed E-state index contributed by atoms with van der Waals surface area (Å²) in [5.74, 6) is 0.375. The van der Waals surface area contributed by atoms with Crippen molar-refractivity contribution in [3.8, 4) is 23.3 Å². The van der Waals surface area contributed by atoms with Gasteiger partial charge in [-0.25, -0.2) is 0 Å². The zero-order valence-corrected chi connectivity index (χ0v) is 18.6. The van der Waals surface area contributed by atoms with Crippen molar-refractivity contribution in [1.82, 2.24) is 5.32 Å². The minimum atomic E-state index is -0.969. The van der Waals surface area contributed by atoms with E-state index in [-0.39, 0.29) is 12.3 Å². The predicted octanol–water partition coefficient (Wildman–Crippen LogP) is 3.55. The lowest BCUT2D eigenvalue weighted by atomic mass is 10.1. The molecule has 1 aliphatic rings. The molecule has 2 aromatic rings. The second kappa shape index (κ2) is 9.81. The molecule has 10 heteroatoms. The van der Waals surface area contributed by atoms with E-state index >= 15 is 0 Å². The van der Waals surface area contributed by atoms with Crippen LogP contribution in [-0.2, 0) is 9.59 Å². The summed E-state index contributed by atoms with van der Waals surface area (Å²) >= 11 is 7.24. The van der Waals surface area contributed by atoms with E-state index in [1.54, 1.807) is 30.3 Å². The van der Waals surface area contributed by atoms with Crippen LogP contribution in [0.15, 0.2) is 35.2 Å². The van der Waals surface area contributed by atoms with Crippen LogP contribution in [0.2, 0.25) is 5.02 Å². The summed E-state index contributed by atoms with van der Waals surface area (Å²) in [4.78, 5) is 25.9. The average molecular weight is 462 g/mol. The highest BCUT2D eigenvalue weighted by atomic mass is 35.5. The fourth-order valence-electron chi connectivity index (χ4n) is 3.10. The van der Waals surface area contributed by atoms with E-state index < -0.39 is 17.2 Å². The number of nitrogens with zero attached hydrogens (tertiary/aromatic N) is 1. The molecule has 0 radical (unpaired) electrons. The maximum absolute atomic E-state index is 12.6. The summed E-state index contributed by atoms with van der Waals surface area (Å²) in [6.45, 7) is 0. The number of carbonyl (C=O) groups excluding carboxylic acids is 2. The smallest absolute Gasteiger partial charge is 0.238 e. The Hall–Kier alpha value is -3.09. The second-order valence-electron chi connectivity index (χ2n) is 6.53. The molecule has 2 amide bonds. The van der Waals surface area contributed by atoms with Gasteiger partial charge in [0.15, 0.2) is 11.5 Å². The molecule has 0 saturated heterocycles. The maximum atomic E-state index is 12.6. The summed E-state index contributed by atoms with van der Waals surface area (Å²) in [6.07, 6.45) is -0.0961. The molecular weight excluding hydrogens is 442 g/mol. The van der Waals surface area contributed by atoms with Crippen LogP contribution in [0.3, 0.4) is 0 Å². The molecule has 0 bridgehead atoms. The van der Waals surface area contributed by atoms with Crippen LogP contribution < -0.4 is 24.8 Å². The van der Waals surface area contributed by atoms with Gasteiger partial charge < -0.3 is 24.8 Å². The zero-order valence-electron chi connectivity index (χ0n) is 17.0. The molecule has 1 aliphatic heterocycles. The monoisotopic (exact) mass is 461 g/mol. The highest BCUT2D eigenvalue weighted by Crippen LogP contribution is 2.40. The number of thioether (sulfide) groups is 1. The molecular formula is C21H20ClN3O5S. The van der Waals surface area contributed by atoms with Gasteiger partial charge in [-0.1, -0.05) is 11.6 Å². The Morgan fingerprint density at radius 2 is 1.90 bits per heavy atom. The van der Waals surface area contributed by atoms with Gasteiger partial charge in [-0.05, 0) is 35.9 Å². The van der Waals surface area contributed by atoms with Crippen molar-refractivity contribution in [2.24, 2.45) is 0 Å². The number of benzene rings is 2. The number of ether oxygens (including phenoxy) is 3. The van der Waals surface area contributed by atoms with Crippen molar-refractivity contribution >= 4 is 40.9 Å². The first-order valence-corrected chi connectivity index (χ1v) is 10.4. The predicted molar refractivity (Wildman–Crippen MR) is 117 cm³/mol. The van der Waals surface area contributed by atoms with Gasteiger partial charge in [-0.15, -0.1) is 11.8 Å². The number of carbonyl (C=O) groups is 2. The summed E-state index contributed by atoms with van der Waals surface area (Å²) in [6, 6.07) is 9.45. The topological polar surface area (TPSA) is 110 Å². The normalized spacial score (nSPS) is 15.7. The highest BCUT2D eigenvalue weighted by Gasteiger charge is 2.30. The molecule has 2 unspecified atom stereocenters. The van der Waals surface area contributed by atoms with Gasteiger partial charge in [-0.3, -0.25) is 9.59 Å². The third-order valence-electron chi connectivity index (χ3n) is 4.59. The van der Waals surface area contributed by atoms with E-state index in [0.29, 0.717) is 33.5 Å². The first-order chi connectivity index (χ1) is 14.9. The molecule has 0 aromatic heterocycles. The third-order valence-corrected chi connectivity index (χ3v) is 6.10. The summed E-state index contributed by atoms with van der Waals surface area (Å²) in [7, 11) is 4.40. The Bertz CT molecular complexity index is 1030. The van der Waals surface area contributed by atoms with Gasteiger partial charge in [0, 0.05) is 16.3 Å². The SMILES string of the molecule is COc1cc(C(C#N)NC(=O)CC2Sc3ccc(Cl)cc3NC2=O)cc(OC)c1OC. The number of amides is 2. The fraction of sp³-hybridized carbons (Fsp3) is 0.286. The molecule has 0 aliphatic carbocycles. The average Bonchev–Trinajstić information content (AvgIpc) is 2.77. The number of rotatable bonds is 7. The van der Waals surface area contributed by atoms with Gasteiger partial charge in [0.05, 0.1) is 38.3 Å². The van der Waals surface area contributed by atoms with Crippen molar-refractivity contribution in [1.29, 1.82) is 5.26 Å². The number of methoxy groups -OCH3 is 3. The number of hydrogen-bond acceptors (Lipinski definition) is 7. The molecule has 1 heterocycles. The van der Waals surface area contributed by atoms with Gasteiger partial charge in [-0.2, -0.15) is 5.26 Å². The van der Waals surface area contributed by atoms with Crippen LogP contribution >= 0.6 is 23.4 Å². The number of halogens is 1. The second-order valence-corrected chi connectivity index (χ2v) is 8.21. The quantitative estimate of drug-likeness (QED) is 0.648. The minimum Gasteiger partial charge on any atom is -0.493 e. The van der Waals surface area contributed by atoms with E-state index in [1.165, 1.54) is 33.1 Å². The Balaban J connectivity index is 1.74. The Labute approximate surface area is 188 Å². The number of fused-ring (bicyclic) bond motifs is 1. The number of anilines is 1. The molecule has 0 spiro atoms. The van der Waals surface area contributed by atoms with Crippen molar-refractivity contribution in [3.05, 3.63) is 40.9 Å². The van der Waals surface area contributed by atoms with Crippen molar-refractivity contribution < 1.29 is 23.8 Å². The number of nitriles is 1. The zero-order chi connectivity index (χ0) is 22.5. The van der Waals surface area contributed by atoms with E-state index in [9.17, 15) is 14.9 Å². The van der Waals surface area contributed by atoms with Gasteiger partial charge >= 0.3 is 0 Å². The molecule has 0 fully saturated rings. The van der Waals surface area contributed by atoms with Gasteiger partial charge in [0.1, 0.15) is 6.04 Å². The largest absolute Gasteiger partial charge is 0.493 e. The molecule has 31 heavy (non-hydrogen) atoms. The first-order valence-electron chi connectivity index (χ1n) is 9.16. The molecule has 2 N–H and O–H groups in total. The summed E-state index contributed by atoms with van der Waals surface area (Å²) in [5.41, 5.74) is 1.08. The third kappa shape index (κ3) is 4.98. The Kier molecular flexibility index (Phi) is 7.15. The minimum absolute atomic E-state index is 0.0961. The molecule has 8 nitrogen and oxygen atoms in total. The van der Waals surface area contributed by atoms with Gasteiger partial charge in [0.2, 0.25) is 17.6 Å². The Morgan fingerprint density at radius 1 is 1.23 bits per heavy atom. The van der Waals surface area contributed by atoms with Crippen molar-refractivity contribution in [2.75, 3.05) is 26.6 Å². The van der Waals surface area contributed by atoms with Crippen LogP contribution in [0.5, 0.6) is 17.2 Å². The van der Waals surface area contributed by atoms with Crippen LogP contribution in [-0.4, -0.2) is 38.4 Å². The molecule has 2 atom stereocenters. The molecule has 3 rings (SSSR count). The van der Waals surface area contributed by atoms with Crippen LogP contribution in [0.25, 0.3) is 0 Å². The Morgan fingerprint density at radius 3 is 2.48 bits per heavy atom. The lowest BCUT2D eigenvalue weighted by molar-refractivity contribution is -0.124. The van der Waals surface area contributed by atoms with Gasteiger partial charge in [0.25, 0.3) is 0 Å². The van der Waals surface area contributed by atoms with E-state index in [2.05, 4.69) is 16.7 Å². The highest BCUT2D eigenvalue weighted by molar-refractivity contribution is 8.01. The standard InChI is InChI=1S/C21H20ClN3O5S/c1-28-15-6-11(7-16(29-2)20(15)30-3)14(10-23)24-19(26)9-18-21(27)25-13-8-12(22)4-5-17(13)31-18/h4-8,14,18H,9H2,1-3H3,(H,24,26)(H,25,27). The number of hydrogen-bond donors (Lipinski definition) is 2.